The SMILES string of the molecule is CCCn1cc(C(=O)C2(CC)CCCN2)cn1. The second-order valence-electron chi connectivity index (χ2n) is 4.79. The fourth-order valence-electron chi connectivity index (χ4n) is 2.57. The van der Waals surface area contributed by atoms with Crippen molar-refractivity contribution in [1.82, 2.24) is 15.1 Å². The first-order valence-electron chi connectivity index (χ1n) is 6.54. The zero-order chi connectivity index (χ0) is 12.3. The van der Waals surface area contributed by atoms with E-state index >= 15 is 0 Å². The van der Waals surface area contributed by atoms with Crippen molar-refractivity contribution in [1.29, 1.82) is 0 Å². The molecule has 1 atom stereocenters. The van der Waals surface area contributed by atoms with Crippen LogP contribution in [0.2, 0.25) is 0 Å². The Morgan fingerprint density at radius 3 is 3.00 bits per heavy atom. The Morgan fingerprint density at radius 1 is 1.59 bits per heavy atom. The number of hydrogen-bond acceptors (Lipinski definition) is 3. The summed E-state index contributed by atoms with van der Waals surface area (Å²) in [5.74, 6) is 0.208. The number of hydrogen-bond donors (Lipinski definition) is 1. The molecular weight excluding hydrogens is 214 g/mol. The average Bonchev–Trinajstić information content (AvgIpc) is 2.98. The molecule has 0 spiro atoms. The lowest BCUT2D eigenvalue weighted by molar-refractivity contribution is 0.0863. The van der Waals surface area contributed by atoms with Gasteiger partial charge in [0.05, 0.1) is 17.3 Å². The molecule has 1 saturated heterocycles. The van der Waals surface area contributed by atoms with Crippen molar-refractivity contribution >= 4 is 5.78 Å². The van der Waals surface area contributed by atoms with Crippen molar-refractivity contribution in [2.75, 3.05) is 6.54 Å². The summed E-state index contributed by atoms with van der Waals surface area (Å²) < 4.78 is 1.85. The molecule has 0 aliphatic carbocycles. The lowest BCUT2D eigenvalue weighted by Crippen LogP contribution is -2.46. The monoisotopic (exact) mass is 235 g/mol. The highest BCUT2D eigenvalue weighted by Gasteiger charge is 2.39. The van der Waals surface area contributed by atoms with E-state index in [2.05, 4.69) is 24.3 Å². The number of nitrogens with zero attached hydrogens (tertiary/aromatic N) is 2. The summed E-state index contributed by atoms with van der Waals surface area (Å²) in [4.78, 5) is 12.5. The first-order chi connectivity index (χ1) is 8.22. The van der Waals surface area contributed by atoms with E-state index in [1.165, 1.54) is 0 Å². The molecule has 0 bridgehead atoms. The molecule has 0 saturated carbocycles. The predicted octanol–water partition coefficient (Wildman–Crippen LogP) is 2.01. The summed E-state index contributed by atoms with van der Waals surface area (Å²) >= 11 is 0. The quantitative estimate of drug-likeness (QED) is 0.794. The van der Waals surface area contributed by atoms with Crippen LogP contribution in [-0.4, -0.2) is 27.6 Å². The Labute approximate surface area is 102 Å². The summed E-state index contributed by atoms with van der Waals surface area (Å²) in [5, 5.41) is 7.60. The molecule has 2 rings (SSSR count). The second-order valence-corrected chi connectivity index (χ2v) is 4.79. The molecule has 1 aliphatic rings. The summed E-state index contributed by atoms with van der Waals surface area (Å²) in [6.45, 7) is 6.00. The van der Waals surface area contributed by atoms with Gasteiger partial charge in [-0.1, -0.05) is 13.8 Å². The van der Waals surface area contributed by atoms with Gasteiger partial charge in [0.1, 0.15) is 0 Å². The maximum atomic E-state index is 12.5. The minimum atomic E-state index is -0.333. The summed E-state index contributed by atoms with van der Waals surface area (Å²) in [5.41, 5.74) is 0.412. The number of carbonyl (C=O) groups excluding carboxylic acids is 1. The van der Waals surface area contributed by atoms with Crippen LogP contribution >= 0.6 is 0 Å². The van der Waals surface area contributed by atoms with Crippen LogP contribution in [0.4, 0.5) is 0 Å². The molecule has 0 aromatic carbocycles. The highest BCUT2D eigenvalue weighted by molar-refractivity contribution is 6.03. The molecular formula is C13H21N3O. The number of ketones is 1. The first kappa shape index (κ1) is 12.3. The Morgan fingerprint density at radius 2 is 2.41 bits per heavy atom. The molecule has 17 heavy (non-hydrogen) atoms. The van der Waals surface area contributed by atoms with Crippen molar-refractivity contribution in [2.45, 2.75) is 51.6 Å². The van der Waals surface area contributed by atoms with Gasteiger partial charge in [-0.05, 0) is 32.2 Å². The minimum absolute atomic E-state index is 0.208. The Hall–Kier alpha value is -1.16. The van der Waals surface area contributed by atoms with Crippen molar-refractivity contribution in [2.24, 2.45) is 0 Å². The van der Waals surface area contributed by atoms with Gasteiger partial charge >= 0.3 is 0 Å². The van der Waals surface area contributed by atoms with E-state index < -0.39 is 0 Å². The minimum Gasteiger partial charge on any atom is -0.305 e. The van der Waals surface area contributed by atoms with Gasteiger partial charge in [-0.3, -0.25) is 9.48 Å². The highest BCUT2D eigenvalue weighted by Crippen LogP contribution is 2.27. The summed E-state index contributed by atoms with van der Waals surface area (Å²) in [6, 6.07) is 0. The third-order valence-corrected chi connectivity index (χ3v) is 3.63. The van der Waals surface area contributed by atoms with Crippen LogP contribution in [0.1, 0.15) is 49.9 Å². The van der Waals surface area contributed by atoms with Crippen LogP contribution in [-0.2, 0) is 6.54 Å². The van der Waals surface area contributed by atoms with Gasteiger partial charge in [0.15, 0.2) is 5.78 Å². The van der Waals surface area contributed by atoms with Crippen LogP contribution < -0.4 is 5.32 Å². The van der Waals surface area contributed by atoms with E-state index in [0.29, 0.717) is 0 Å². The van der Waals surface area contributed by atoms with Gasteiger partial charge < -0.3 is 5.32 Å². The second kappa shape index (κ2) is 5.00. The van der Waals surface area contributed by atoms with Crippen LogP contribution in [0.15, 0.2) is 12.4 Å². The number of aryl methyl sites for hydroxylation is 1. The molecule has 0 amide bonds. The third-order valence-electron chi connectivity index (χ3n) is 3.63. The fourth-order valence-corrected chi connectivity index (χ4v) is 2.57. The van der Waals surface area contributed by atoms with E-state index in [1.807, 2.05) is 10.9 Å². The zero-order valence-electron chi connectivity index (χ0n) is 10.7. The standard InChI is InChI=1S/C13H21N3O/c1-3-8-16-10-11(9-15-16)12(17)13(4-2)6-5-7-14-13/h9-10,14H,3-8H2,1-2H3. The molecule has 2 heterocycles. The molecule has 1 aromatic heterocycles. The number of aromatic nitrogens is 2. The van der Waals surface area contributed by atoms with Crippen LogP contribution in [0.3, 0.4) is 0 Å². The van der Waals surface area contributed by atoms with Gasteiger partial charge in [0, 0.05) is 12.7 Å². The van der Waals surface area contributed by atoms with Gasteiger partial charge in [-0.25, -0.2) is 0 Å². The zero-order valence-corrected chi connectivity index (χ0v) is 10.7. The van der Waals surface area contributed by atoms with Crippen molar-refractivity contribution in [3.05, 3.63) is 18.0 Å². The van der Waals surface area contributed by atoms with Gasteiger partial charge in [-0.2, -0.15) is 5.10 Å². The molecule has 0 radical (unpaired) electrons. The molecule has 94 valence electrons. The number of nitrogens with one attached hydrogen (secondary N) is 1. The first-order valence-corrected chi connectivity index (χ1v) is 6.54. The Balaban J connectivity index is 2.17. The molecule has 4 nitrogen and oxygen atoms in total. The largest absolute Gasteiger partial charge is 0.305 e. The Kier molecular flexibility index (Phi) is 3.62. The molecule has 1 fully saturated rings. The maximum Gasteiger partial charge on any atom is 0.185 e. The van der Waals surface area contributed by atoms with E-state index in [4.69, 9.17) is 0 Å². The molecule has 1 N–H and O–H groups in total. The Bertz CT molecular complexity index is 391. The predicted molar refractivity (Wildman–Crippen MR) is 67.1 cm³/mol. The van der Waals surface area contributed by atoms with Gasteiger partial charge in [0.2, 0.25) is 0 Å². The fraction of sp³-hybridized carbons (Fsp3) is 0.692. The lowest BCUT2D eigenvalue weighted by atomic mass is 9.86. The molecule has 1 aromatic rings. The van der Waals surface area contributed by atoms with E-state index in [9.17, 15) is 4.79 Å². The third kappa shape index (κ3) is 2.27. The smallest absolute Gasteiger partial charge is 0.185 e. The summed E-state index contributed by atoms with van der Waals surface area (Å²) in [7, 11) is 0. The van der Waals surface area contributed by atoms with Crippen LogP contribution in [0.25, 0.3) is 0 Å². The van der Waals surface area contributed by atoms with Crippen LogP contribution in [0, 0.1) is 0 Å². The maximum absolute atomic E-state index is 12.5. The van der Waals surface area contributed by atoms with Gasteiger partial charge in [-0.15, -0.1) is 0 Å². The normalized spacial score (nSPS) is 24.1. The van der Waals surface area contributed by atoms with E-state index in [1.54, 1.807) is 6.20 Å². The number of Topliss-reactive ketones (excluding diaryl/α,β-unsaturated/α-hetero) is 1. The summed E-state index contributed by atoms with van der Waals surface area (Å²) in [6.07, 6.45) is 7.50. The van der Waals surface area contributed by atoms with E-state index in [0.717, 1.165) is 44.3 Å². The van der Waals surface area contributed by atoms with Crippen molar-refractivity contribution in [3.63, 3.8) is 0 Å². The topological polar surface area (TPSA) is 46.9 Å². The molecule has 1 aliphatic heterocycles. The van der Waals surface area contributed by atoms with Crippen LogP contribution in [0.5, 0.6) is 0 Å². The lowest BCUT2D eigenvalue weighted by Gasteiger charge is -2.25. The average molecular weight is 235 g/mol. The van der Waals surface area contributed by atoms with Gasteiger partial charge in [0.25, 0.3) is 0 Å². The van der Waals surface area contributed by atoms with Crippen molar-refractivity contribution < 1.29 is 4.79 Å². The highest BCUT2D eigenvalue weighted by atomic mass is 16.1. The molecule has 4 heteroatoms. The van der Waals surface area contributed by atoms with Crippen molar-refractivity contribution in [3.8, 4) is 0 Å². The van der Waals surface area contributed by atoms with E-state index in [-0.39, 0.29) is 11.3 Å². The molecule has 1 unspecified atom stereocenters. The number of rotatable bonds is 5. The number of carbonyl (C=O) groups is 1.